The molecule has 3 aromatic rings. The molecule has 4 rings (SSSR count). The van der Waals surface area contributed by atoms with Gasteiger partial charge >= 0.3 is 0 Å². The van der Waals surface area contributed by atoms with E-state index in [4.69, 9.17) is 0 Å². The molecule has 1 aliphatic rings. The Labute approximate surface area is 143 Å². The van der Waals surface area contributed by atoms with Crippen LogP contribution < -0.4 is 16.3 Å². The Kier molecular flexibility index (Phi) is 3.26. The molecule has 0 atom stereocenters. The van der Waals surface area contributed by atoms with E-state index in [0.29, 0.717) is 29.8 Å². The fourth-order valence-electron chi connectivity index (χ4n) is 2.93. The first-order chi connectivity index (χ1) is 11.0. The minimum Gasteiger partial charge on any atom is -0.352 e. The molecule has 1 aromatic carbocycles. The van der Waals surface area contributed by atoms with Gasteiger partial charge in [0, 0.05) is 35.0 Å². The van der Waals surface area contributed by atoms with Gasteiger partial charge in [-0.05, 0) is 40.8 Å². The van der Waals surface area contributed by atoms with Gasteiger partial charge in [0.05, 0.1) is 16.8 Å². The zero-order valence-electron chi connectivity index (χ0n) is 11.8. The molecule has 0 fully saturated rings. The van der Waals surface area contributed by atoms with Crippen LogP contribution in [0, 0.1) is 9.39 Å². The molecule has 2 aromatic heterocycles. The Morgan fingerprint density at radius 2 is 1.91 bits per heavy atom. The van der Waals surface area contributed by atoms with Crippen LogP contribution in [0.25, 0.3) is 11.0 Å². The summed E-state index contributed by atoms with van der Waals surface area (Å²) in [7, 11) is 0. The average Bonchev–Trinajstić information content (AvgIpc) is 2.93. The minimum atomic E-state index is -0.430. The van der Waals surface area contributed by atoms with E-state index in [1.165, 1.54) is 18.2 Å². The monoisotopic (exact) mass is 423 g/mol. The van der Waals surface area contributed by atoms with Crippen molar-refractivity contribution in [2.75, 3.05) is 5.32 Å². The number of anilines is 2. The first-order valence-electron chi connectivity index (χ1n) is 7.04. The van der Waals surface area contributed by atoms with E-state index in [1.807, 2.05) is 27.2 Å². The standard InChI is InChI=1S/C16H11FIN3O2/c17-10-7-9(18)1-2-11(10)19-12-8-14(23)21-6-5-20-4-3-13(22)15(12)16(20)21/h1-4,7-8,19H,5-6H2. The van der Waals surface area contributed by atoms with Crippen LogP contribution in [0.15, 0.2) is 46.1 Å². The molecule has 0 saturated carbocycles. The molecule has 1 aliphatic heterocycles. The predicted molar refractivity (Wildman–Crippen MR) is 94.9 cm³/mol. The summed E-state index contributed by atoms with van der Waals surface area (Å²) in [5, 5.41) is 3.31. The highest BCUT2D eigenvalue weighted by atomic mass is 127. The molecule has 0 radical (unpaired) electrons. The van der Waals surface area contributed by atoms with Gasteiger partial charge < -0.3 is 9.88 Å². The van der Waals surface area contributed by atoms with E-state index in [2.05, 4.69) is 5.32 Å². The Bertz CT molecular complexity index is 1070. The number of nitrogens with one attached hydrogen (secondary N) is 1. The topological polar surface area (TPSA) is 56.0 Å². The van der Waals surface area contributed by atoms with Crippen molar-refractivity contribution in [3.8, 4) is 0 Å². The van der Waals surface area contributed by atoms with Crippen LogP contribution in [-0.2, 0) is 13.1 Å². The highest BCUT2D eigenvalue weighted by Gasteiger charge is 2.19. The van der Waals surface area contributed by atoms with Crippen LogP contribution in [0.5, 0.6) is 0 Å². The lowest BCUT2D eigenvalue weighted by Gasteiger charge is -2.12. The summed E-state index contributed by atoms with van der Waals surface area (Å²) in [5.74, 6) is -0.430. The maximum absolute atomic E-state index is 14.1. The molecule has 23 heavy (non-hydrogen) atoms. The Balaban J connectivity index is 1.98. The predicted octanol–water partition coefficient (Wildman–Crippen LogP) is 2.66. The molecule has 0 amide bonds. The Morgan fingerprint density at radius 3 is 2.70 bits per heavy atom. The summed E-state index contributed by atoms with van der Waals surface area (Å²) in [6.07, 6.45) is 1.68. The van der Waals surface area contributed by atoms with Crippen LogP contribution >= 0.6 is 22.6 Å². The van der Waals surface area contributed by atoms with Gasteiger partial charge in [0.25, 0.3) is 5.56 Å². The molecule has 0 unspecified atom stereocenters. The van der Waals surface area contributed by atoms with Crippen molar-refractivity contribution >= 4 is 45.0 Å². The summed E-state index contributed by atoms with van der Waals surface area (Å²) in [5.41, 5.74) is 0.752. The lowest BCUT2D eigenvalue weighted by atomic mass is 10.2. The molecule has 0 bridgehead atoms. The second kappa shape index (κ2) is 5.19. The summed E-state index contributed by atoms with van der Waals surface area (Å²) in [6.45, 7) is 1.18. The smallest absolute Gasteiger partial charge is 0.254 e. The maximum atomic E-state index is 14.1. The average molecular weight is 423 g/mol. The van der Waals surface area contributed by atoms with Gasteiger partial charge in [-0.15, -0.1) is 0 Å². The number of hydrogen-bond donors (Lipinski definition) is 1. The third-order valence-corrected chi connectivity index (χ3v) is 4.64. The lowest BCUT2D eigenvalue weighted by molar-refractivity contribution is 0.631. The number of aromatic nitrogens is 2. The fraction of sp³-hybridized carbons (Fsp3) is 0.125. The van der Waals surface area contributed by atoms with Crippen molar-refractivity contribution in [1.82, 2.24) is 9.13 Å². The minimum absolute atomic E-state index is 0.194. The van der Waals surface area contributed by atoms with Crippen LogP contribution in [0.2, 0.25) is 0 Å². The number of pyridine rings is 2. The molecule has 0 aliphatic carbocycles. The van der Waals surface area contributed by atoms with E-state index in [0.717, 1.165) is 3.57 Å². The van der Waals surface area contributed by atoms with Crippen LogP contribution in [0.4, 0.5) is 15.8 Å². The zero-order chi connectivity index (χ0) is 16.1. The number of aryl methyl sites for hydroxylation is 2. The van der Waals surface area contributed by atoms with E-state index in [9.17, 15) is 14.0 Å². The summed E-state index contributed by atoms with van der Waals surface area (Å²) in [6, 6.07) is 7.57. The zero-order valence-corrected chi connectivity index (χ0v) is 14.0. The van der Waals surface area contributed by atoms with Gasteiger partial charge in [-0.1, -0.05) is 0 Å². The number of rotatable bonds is 2. The van der Waals surface area contributed by atoms with Crippen molar-refractivity contribution in [2.24, 2.45) is 0 Å². The van der Waals surface area contributed by atoms with Crippen LogP contribution in [0.1, 0.15) is 0 Å². The van der Waals surface area contributed by atoms with Gasteiger partial charge in [0.1, 0.15) is 11.5 Å². The summed E-state index contributed by atoms with van der Waals surface area (Å²) < 4.78 is 18.3. The van der Waals surface area contributed by atoms with Crippen molar-refractivity contribution in [1.29, 1.82) is 0 Å². The largest absolute Gasteiger partial charge is 0.352 e. The highest BCUT2D eigenvalue weighted by Crippen LogP contribution is 2.26. The quantitative estimate of drug-likeness (QED) is 0.646. The van der Waals surface area contributed by atoms with E-state index in [-0.39, 0.29) is 16.7 Å². The number of halogens is 2. The second-order valence-electron chi connectivity index (χ2n) is 5.37. The molecule has 116 valence electrons. The lowest BCUT2D eigenvalue weighted by Crippen LogP contribution is -2.20. The maximum Gasteiger partial charge on any atom is 0.254 e. The molecule has 5 nitrogen and oxygen atoms in total. The fourth-order valence-corrected chi connectivity index (χ4v) is 3.38. The SMILES string of the molecule is O=c1ccn2c3c1c(Nc1ccc(I)cc1F)cc(=O)n3CC2. The third kappa shape index (κ3) is 2.26. The second-order valence-corrected chi connectivity index (χ2v) is 6.61. The normalized spacial score (nSPS) is 12.8. The first kappa shape index (κ1) is 14.4. The Morgan fingerprint density at radius 1 is 1.09 bits per heavy atom. The Hall–Kier alpha value is -2.16. The van der Waals surface area contributed by atoms with E-state index in [1.54, 1.807) is 22.9 Å². The first-order valence-corrected chi connectivity index (χ1v) is 8.11. The highest BCUT2D eigenvalue weighted by molar-refractivity contribution is 14.1. The molecule has 0 spiro atoms. The summed E-state index contributed by atoms with van der Waals surface area (Å²) >= 11 is 2.02. The van der Waals surface area contributed by atoms with Crippen molar-refractivity contribution in [3.63, 3.8) is 0 Å². The van der Waals surface area contributed by atoms with Gasteiger partial charge in [-0.25, -0.2) is 4.39 Å². The molecule has 3 heterocycles. The van der Waals surface area contributed by atoms with Gasteiger partial charge in [0.2, 0.25) is 0 Å². The van der Waals surface area contributed by atoms with Crippen LogP contribution in [0.3, 0.4) is 0 Å². The van der Waals surface area contributed by atoms with Gasteiger partial charge in [0.15, 0.2) is 5.43 Å². The molecule has 1 N–H and O–H groups in total. The van der Waals surface area contributed by atoms with Crippen LogP contribution in [-0.4, -0.2) is 9.13 Å². The number of benzene rings is 1. The molecule has 0 saturated heterocycles. The van der Waals surface area contributed by atoms with Gasteiger partial charge in [-0.3, -0.25) is 14.2 Å². The van der Waals surface area contributed by atoms with E-state index >= 15 is 0 Å². The van der Waals surface area contributed by atoms with Gasteiger partial charge in [-0.2, -0.15) is 0 Å². The number of hydrogen-bond acceptors (Lipinski definition) is 3. The van der Waals surface area contributed by atoms with Crippen molar-refractivity contribution < 1.29 is 4.39 Å². The molecular formula is C16H11FIN3O2. The van der Waals surface area contributed by atoms with Crippen molar-refractivity contribution in [2.45, 2.75) is 13.1 Å². The summed E-state index contributed by atoms with van der Waals surface area (Å²) in [4.78, 5) is 24.6. The molecular weight excluding hydrogens is 412 g/mol. The van der Waals surface area contributed by atoms with E-state index < -0.39 is 5.82 Å². The third-order valence-electron chi connectivity index (χ3n) is 3.97. The number of nitrogens with zero attached hydrogens (tertiary/aromatic N) is 2. The molecule has 7 heteroatoms. The van der Waals surface area contributed by atoms with Crippen molar-refractivity contribution in [3.05, 3.63) is 66.5 Å².